The number of carbonyl (C=O) groups is 1. The van der Waals surface area contributed by atoms with Crippen molar-refractivity contribution in [1.29, 1.82) is 0 Å². The highest BCUT2D eigenvalue weighted by molar-refractivity contribution is 5.85. The molecule has 118 valence electrons. The van der Waals surface area contributed by atoms with Gasteiger partial charge in [0.1, 0.15) is 0 Å². The first kappa shape index (κ1) is 17.4. The van der Waals surface area contributed by atoms with Crippen molar-refractivity contribution in [2.24, 2.45) is 0 Å². The van der Waals surface area contributed by atoms with E-state index in [0.717, 1.165) is 6.42 Å². The maximum Gasteiger partial charge on any atom is 0.407 e. The van der Waals surface area contributed by atoms with Crippen molar-refractivity contribution in [2.75, 3.05) is 33.4 Å². The number of carboxylic acid groups (broad SMARTS) is 1. The molecular formula is C14H21ClN2O4. The van der Waals surface area contributed by atoms with E-state index in [1.807, 2.05) is 24.3 Å². The van der Waals surface area contributed by atoms with Gasteiger partial charge < -0.3 is 24.8 Å². The largest absolute Gasteiger partial charge is 0.493 e. The van der Waals surface area contributed by atoms with Crippen LogP contribution in [0.3, 0.4) is 0 Å². The van der Waals surface area contributed by atoms with E-state index in [1.165, 1.54) is 4.90 Å². The summed E-state index contributed by atoms with van der Waals surface area (Å²) in [6, 6.07) is 7.62. The number of nitrogens with zero attached hydrogens (tertiary/aromatic N) is 1. The van der Waals surface area contributed by atoms with Crippen molar-refractivity contribution in [3.8, 4) is 11.5 Å². The molecule has 2 rings (SSSR count). The van der Waals surface area contributed by atoms with Crippen LogP contribution < -0.4 is 14.8 Å². The number of halogens is 1. The first-order valence-electron chi connectivity index (χ1n) is 6.68. The third-order valence-electron chi connectivity index (χ3n) is 3.32. The van der Waals surface area contributed by atoms with Crippen LogP contribution >= 0.6 is 12.4 Å². The summed E-state index contributed by atoms with van der Waals surface area (Å²) in [7, 11) is 1.61. The third-order valence-corrected chi connectivity index (χ3v) is 3.32. The number of para-hydroxylation sites is 2. The number of piperazine rings is 1. The summed E-state index contributed by atoms with van der Waals surface area (Å²) < 4.78 is 10.9. The van der Waals surface area contributed by atoms with Gasteiger partial charge in [0.05, 0.1) is 13.7 Å². The van der Waals surface area contributed by atoms with Gasteiger partial charge >= 0.3 is 6.09 Å². The molecule has 1 aliphatic heterocycles. The lowest BCUT2D eigenvalue weighted by atomic mass is 10.1. The van der Waals surface area contributed by atoms with Crippen LogP contribution in [0.4, 0.5) is 4.79 Å². The highest BCUT2D eigenvalue weighted by Crippen LogP contribution is 2.25. The van der Waals surface area contributed by atoms with E-state index in [0.29, 0.717) is 37.7 Å². The van der Waals surface area contributed by atoms with Crippen molar-refractivity contribution in [3.63, 3.8) is 0 Å². The van der Waals surface area contributed by atoms with Gasteiger partial charge in [-0.25, -0.2) is 4.79 Å². The molecule has 21 heavy (non-hydrogen) atoms. The Kier molecular flexibility index (Phi) is 7.11. The highest BCUT2D eigenvalue weighted by Gasteiger charge is 2.22. The smallest absolute Gasteiger partial charge is 0.407 e. The Morgan fingerprint density at radius 2 is 2.14 bits per heavy atom. The Morgan fingerprint density at radius 3 is 2.81 bits per heavy atom. The molecule has 6 nitrogen and oxygen atoms in total. The van der Waals surface area contributed by atoms with E-state index in [-0.39, 0.29) is 18.4 Å². The standard InChI is InChI=1S/C14H20N2O4.ClH/c1-19-12-4-2-3-5-13(12)20-9-6-11-10-16(14(17)18)8-7-15-11;/h2-5,11,15H,6-10H2,1H3,(H,17,18);1H/t11-;/m1./s1. The van der Waals surface area contributed by atoms with Gasteiger partial charge in [0.2, 0.25) is 0 Å². The fraction of sp³-hybridized carbons (Fsp3) is 0.500. The monoisotopic (exact) mass is 316 g/mol. The number of hydrogen-bond donors (Lipinski definition) is 2. The van der Waals surface area contributed by atoms with Gasteiger partial charge in [-0.05, 0) is 18.6 Å². The number of benzene rings is 1. The minimum atomic E-state index is -0.859. The second-order valence-corrected chi connectivity index (χ2v) is 4.67. The minimum Gasteiger partial charge on any atom is -0.493 e. The predicted octanol–water partition coefficient (Wildman–Crippen LogP) is 1.84. The molecule has 1 saturated heterocycles. The molecule has 2 N–H and O–H groups in total. The summed E-state index contributed by atoms with van der Waals surface area (Å²) in [6.07, 6.45) is -0.107. The van der Waals surface area contributed by atoms with Gasteiger partial charge in [-0.2, -0.15) is 0 Å². The summed E-state index contributed by atoms with van der Waals surface area (Å²) in [5.41, 5.74) is 0. The predicted molar refractivity (Wildman–Crippen MR) is 81.7 cm³/mol. The zero-order valence-electron chi connectivity index (χ0n) is 11.9. The molecule has 0 bridgehead atoms. The topological polar surface area (TPSA) is 71.0 Å². The van der Waals surface area contributed by atoms with Gasteiger partial charge in [-0.1, -0.05) is 12.1 Å². The van der Waals surface area contributed by atoms with Crippen LogP contribution in [-0.2, 0) is 0 Å². The van der Waals surface area contributed by atoms with Crippen molar-refractivity contribution >= 4 is 18.5 Å². The Labute approximate surface area is 130 Å². The molecule has 1 amide bonds. The average molecular weight is 317 g/mol. The van der Waals surface area contributed by atoms with Crippen LogP contribution in [0.2, 0.25) is 0 Å². The summed E-state index contributed by atoms with van der Waals surface area (Å²) >= 11 is 0. The second kappa shape index (κ2) is 8.59. The van der Waals surface area contributed by atoms with E-state index in [9.17, 15) is 4.79 Å². The molecule has 7 heteroatoms. The molecule has 1 aromatic rings. The molecule has 1 atom stereocenters. The molecule has 0 aromatic heterocycles. The lowest BCUT2D eigenvalue weighted by Gasteiger charge is -2.31. The van der Waals surface area contributed by atoms with Gasteiger partial charge in [0, 0.05) is 25.7 Å². The van der Waals surface area contributed by atoms with Gasteiger partial charge in [0.25, 0.3) is 0 Å². The molecule has 1 heterocycles. The molecule has 0 radical (unpaired) electrons. The Morgan fingerprint density at radius 1 is 1.43 bits per heavy atom. The van der Waals surface area contributed by atoms with Crippen LogP contribution in [0.1, 0.15) is 6.42 Å². The van der Waals surface area contributed by atoms with Gasteiger partial charge in [-0.3, -0.25) is 0 Å². The van der Waals surface area contributed by atoms with Gasteiger partial charge in [-0.15, -0.1) is 12.4 Å². The van der Waals surface area contributed by atoms with Crippen LogP contribution in [-0.4, -0.2) is 55.5 Å². The number of ether oxygens (including phenoxy) is 2. The van der Waals surface area contributed by atoms with E-state index in [4.69, 9.17) is 14.6 Å². The lowest BCUT2D eigenvalue weighted by Crippen LogP contribution is -2.52. The Balaban J connectivity index is 0.00000220. The van der Waals surface area contributed by atoms with Crippen LogP contribution in [0, 0.1) is 0 Å². The SMILES string of the molecule is COc1ccccc1OCC[C@@H]1CN(C(=O)O)CCN1.Cl. The van der Waals surface area contributed by atoms with Gasteiger partial charge in [0.15, 0.2) is 11.5 Å². The number of amides is 1. The number of nitrogens with one attached hydrogen (secondary N) is 1. The van der Waals surface area contributed by atoms with Crippen LogP contribution in [0.25, 0.3) is 0 Å². The minimum absolute atomic E-state index is 0. The summed E-state index contributed by atoms with van der Waals surface area (Å²) in [5.74, 6) is 1.41. The molecule has 0 saturated carbocycles. The maximum absolute atomic E-state index is 10.9. The fourth-order valence-electron chi connectivity index (χ4n) is 2.24. The molecule has 0 unspecified atom stereocenters. The maximum atomic E-state index is 10.9. The van der Waals surface area contributed by atoms with Crippen LogP contribution in [0.5, 0.6) is 11.5 Å². The van der Waals surface area contributed by atoms with Crippen molar-refractivity contribution in [3.05, 3.63) is 24.3 Å². The molecule has 1 fully saturated rings. The first-order chi connectivity index (χ1) is 9.70. The molecule has 0 aliphatic carbocycles. The molecule has 1 aromatic carbocycles. The Hall–Kier alpha value is -1.66. The van der Waals surface area contributed by atoms with E-state index >= 15 is 0 Å². The molecule has 0 spiro atoms. The highest BCUT2D eigenvalue weighted by atomic mass is 35.5. The third kappa shape index (κ3) is 4.99. The van der Waals surface area contributed by atoms with Crippen molar-refractivity contribution in [1.82, 2.24) is 10.2 Å². The van der Waals surface area contributed by atoms with E-state index < -0.39 is 6.09 Å². The van der Waals surface area contributed by atoms with E-state index in [2.05, 4.69) is 5.32 Å². The molecule has 1 aliphatic rings. The van der Waals surface area contributed by atoms with Crippen LogP contribution in [0.15, 0.2) is 24.3 Å². The molecular weight excluding hydrogens is 296 g/mol. The number of rotatable bonds is 5. The lowest BCUT2D eigenvalue weighted by molar-refractivity contribution is 0.124. The normalized spacial score (nSPS) is 17.8. The second-order valence-electron chi connectivity index (χ2n) is 4.67. The Bertz CT molecular complexity index is 458. The van der Waals surface area contributed by atoms with Crippen molar-refractivity contribution in [2.45, 2.75) is 12.5 Å². The summed E-state index contributed by atoms with van der Waals surface area (Å²) in [6.45, 7) is 2.25. The zero-order valence-corrected chi connectivity index (χ0v) is 12.8. The van der Waals surface area contributed by atoms with Crippen molar-refractivity contribution < 1.29 is 19.4 Å². The summed E-state index contributed by atoms with van der Waals surface area (Å²) in [4.78, 5) is 12.4. The first-order valence-corrected chi connectivity index (χ1v) is 6.68. The zero-order chi connectivity index (χ0) is 14.4. The number of hydrogen-bond acceptors (Lipinski definition) is 4. The quantitative estimate of drug-likeness (QED) is 0.867. The van der Waals surface area contributed by atoms with E-state index in [1.54, 1.807) is 7.11 Å². The average Bonchev–Trinajstić information content (AvgIpc) is 2.48. The fourth-order valence-corrected chi connectivity index (χ4v) is 2.24. The summed E-state index contributed by atoms with van der Waals surface area (Å²) in [5, 5.41) is 12.3. The number of methoxy groups -OCH3 is 1.